The first kappa shape index (κ1) is 11.4. The quantitative estimate of drug-likeness (QED) is 0.437. The maximum Gasteiger partial charge on any atom is 0.199 e. The Morgan fingerprint density at radius 2 is 2.06 bits per heavy atom. The van der Waals surface area contributed by atoms with Gasteiger partial charge in [0, 0.05) is 5.75 Å². The van der Waals surface area contributed by atoms with Gasteiger partial charge < -0.3 is 4.98 Å². The van der Waals surface area contributed by atoms with Crippen LogP contribution < -0.4 is 0 Å². The van der Waals surface area contributed by atoms with E-state index >= 15 is 0 Å². The molecule has 0 aliphatic carbocycles. The summed E-state index contributed by atoms with van der Waals surface area (Å²) < 4.78 is 0.474. The second kappa shape index (κ2) is 4.91. The highest BCUT2D eigenvalue weighted by atomic mass is 32.2. The van der Waals surface area contributed by atoms with Crippen LogP contribution in [-0.4, -0.2) is 20.2 Å². The van der Waals surface area contributed by atoms with Gasteiger partial charge in [-0.1, -0.05) is 30.3 Å². The first-order chi connectivity index (χ1) is 8.83. The highest BCUT2D eigenvalue weighted by molar-refractivity contribution is 7.98. The molecule has 0 saturated heterocycles. The minimum absolute atomic E-state index is 0.474. The molecule has 3 aromatic rings. The van der Waals surface area contributed by atoms with Gasteiger partial charge in [0.15, 0.2) is 4.77 Å². The summed E-state index contributed by atoms with van der Waals surface area (Å²) in [6, 6.07) is 10.3. The van der Waals surface area contributed by atoms with Crippen molar-refractivity contribution in [3.63, 3.8) is 0 Å². The van der Waals surface area contributed by atoms with Crippen molar-refractivity contribution in [3.05, 3.63) is 46.9 Å². The Balaban J connectivity index is 1.91. The van der Waals surface area contributed by atoms with Gasteiger partial charge in [-0.2, -0.15) is 5.10 Å². The maximum absolute atomic E-state index is 5.10. The van der Waals surface area contributed by atoms with Gasteiger partial charge in [-0.05, 0) is 17.8 Å². The molecule has 2 aromatic heterocycles. The summed E-state index contributed by atoms with van der Waals surface area (Å²) in [5, 5.41) is 8.76. The molecule has 3 rings (SSSR count). The maximum atomic E-state index is 5.10. The number of fused-ring (bicyclic) bond motifs is 1. The van der Waals surface area contributed by atoms with Crippen molar-refractivity contribution in [2.75, 3.05) is 0 Å². The van der Waals surface area contributed by atoms with Crippen LogP contribution in [0.1, 0.15) is 5.56 Å². The number of hydrogen-bond donors (Lipinski definition) is 2. The predicted octanol–water partition coefficient (Wildman–Crippen LogP) is 3.31. The van der Waals surface area contributed by atoms with E-state index < -0.39 is 0 Å². The van der Waals surface area contributed by atoms with Crippen LogP contribution in [0.2, 0.25) is 0 Å². The number of nitrogens with zero attached hydrogens (tertiary/aromatic N) is 2. The molecule has 2 heterocycles. The minimum atomic E-state index is 0.474. The van der Waals surface area contributed by atoms with Gasteiger partial charge >= 0.3 is 0 Å². The molecule has 6 heteroatoms. The third-order valence-corrected chi connectivity index (χ3v) is 3.78. The number of rotatable bonds is 3. The normalized spacial score (nSPS) is 10.9. The van der Waals surface area contributed by atoms with Crippen molar-refractivity contribution in [2.24, 2.45) is 0 Å². The van der Waals surface area contributed by atoms with Crippen molar-refractivity contribution in [3.8, 4) is 0 Å². The number of aromatic nitrogens is 4. The van der Waals surface area contributed by atoms with Crippen LogP contribution in [0.4, 0.5) is 0 Å². The summed E-state index contributed by atoms with van der Waals surface area (Å²) in [5.41, 5.74) is 2.09. The molecule has 0 saturated carbocycles. The Labute approximate surface area is 113 Å². The van der Waals surface area contributed by atoms with Crippen molar-refractivity contribution in [1.82, 2.24) is 20.2 Å². The summed E-state index contributed by atoms with van der Waals surface area (Å²) in [4.78, 5) is 7.33. The van der Waals surface area contributed by atoms with E-state index in [1.807, 2.05) is 18.2 Å². The Bertz CT molecular complexity index is 718. The van der Waals surface area contributed by atoms with Crippen molar-refractivity contribution < 1.29 is 0 Å². The molecule has 90 valence electrons. The lowest BCUT2D eigenvalue weighted by Gasteiger charge is -2.02. The van der Waals surface area contributed by atoms with E-state index in [9.17, 15) is 0 Å². The van der Waals surface area contributed by atoms with Crippen LogP contribution in [0.5, 0.6) is 0 Å². The first-order valence-corrected chi connectivity index (χ1v) is 6.82. The molecule has 0 bridgehead atoms. The molecule has 0 unspecified atom stereocenters. The molecule has 2 N–H and O–H groups in total. The lowest BCUT2D eigenvalue weighted by Crippen LogP contribution is -1.88. The van der Waals surface area contributed by atoms with Crippen LogP contribution in [0, 0.1) is 4.77 Å². The second-order valence-corrected chi connectivity index (χ2v) is 5.13. The molecule has 0 atom stereocenters. The number of hydrogen-bond acceptors (Lipinski definition) is 4. The Morgan fingerprint density at radius 1 is 1.22 bits per heavy atom. The number of H-pyrrole nitrogens is 2. The van der Waals surface area contributed by atoms with Gasteiger partial charge in [0.2, 0.25) is 0 Å². The molecular formula is C12H10N4S2. The minimum Gasteiger partial charge on any atom is -0.315 e. The SMILES string of the molecule is S=c1nc(SCc2ccccc2)c2cn[nH]c2[nH]1. The second-order valence-electron chi connectivity index (χ2n) is 3.78. The van der Waals surface area contributed by atoms with Gasteiger partial charge in [0.1, 0.15) is 10.7 Å². The zero-order valence-corrected chi connectivity index (χ0v) is 11.0. The fourth-order valence-electron chi connectivity index (χ4n) is 1.67. The molecule has 0 amide bonds. The Morgan fingerprint density at radius 3 is 2.89 bits per heavy atom. The molecule has 1 aromatic carbocycles. The van der Waals surface area contributed by atoms with Crippen LogP contribution >= 0.6 is 24.0 Å². The molecule has 0 radical (unpaired) electrons. The average Bonchev–Trinajstić information content (AvgIpc) is 2.85. The van der Waals surface area contributed by atoms with E-state index in [0.717, 1.165) is 21.8 Å². The Hall–Kier alpha value is -1.66. The Kier molecular flexibility index (Phi) is 3.12. The van der Waals surface area contributed by atoms with Crippen LogP contribution in [0.15, 0.2) is 41.6 Å². The largest absolute Gasteiger partial charge is 0.315 e. The summed E-state index contributed by atoms with van der Waals surface area (Å²) in [5.74, 6) is 0.868. The standard InChI is InChI=1S/C12H10N4S2/c17-12-14-10-9(6-13-16-10)11(15-12)18-7-8-4-2-1-3-5-8/h1-6H,7H2,(H2,13,14,15,16,17). The smallest absolute Gasteiger partial charge is 0.199 e. The molecule has 0 spiro atoms. The average molecular weight is 274 g/mol. The third-order valence-electron chi connectivity index (χ3n) is 2.52. The highest BCUT2D eigenvalue weighted by Gasteiger charge is 2.06. The first-order valence-electron chi connectivity index (χ1n) is 5.43. The lowest BCUT2D eigenvalue weighted by atomic mass is 10.2. The highest BCUT2D eigenvalue weighted by Crippen LogP contribution is 2.26. The van der Waals surface area contributed by atoms with E-state index in [-0.39, 0.29) is 0 Å². The summed E-state index contributed by atoms with van der Waals surface area (Å²) >= 11 is 6.76. The zero-order chi connectivity index (χ0) is 12.4. The van der Waals surface area contributed by atoms with Crippen molar-refractivity contribution in [2.45, 2.75) is 10.8 Å². The van der Waals surface area contributed by atoms with Crippen LogP contribution in [0.3, 0.4) is 0 Å². The van der Waals surface area contributed by atoms with Crippen LogP contribution in [0.25, 0.3) is 11.0 Å². The molecule has 0 aliphatic rings. The summed E-state index contributed by atoms with van der Waals surface area (Å²) in [6.45, 7) is 0. The lowest BCUT2D eigenvalue weighted by molar-refractivity contribution is 1.05. The van der Waals surface area contributed by atoms with Crippen molar-refractivity contribution in [1.29, 1.82) is 0 Å². The molecular weight excluding hydrogens is 264 g/mol. The number of nitrogens with one attached hydrogen (secondary N) is 2. The van der Waals surface area contributed by atoms with Gasteiger partial charge in [-0.15, -0.1) is 11.8 Å². The van der Waals surface area contributed by atoms with Gasteiger partial charge in [-0.25, -0.2) is 4.98 Å². The fraction of sp³-hybridized carbons (Fsp3) is 0.0833. The fourth-order valence-corrected chi connectivity index (χ4v) is 2.88. The van der Waals surface area contributed by atoms with Gasteiger partial charge in [0.05, 0.1) is 11.6 Å². The summed E-state index contributed by atoms with van der Waals surface area (Å²) in [6.07, 6.45) is 1.76. The molecule has 0 fully saturated rings. The van der Waals surface area contributed by atoms with Crippen LogP contribution in [-0.2, 0) is 5.75 Å². The third kappa shape index (κ3) is 2.30. The number of benzene rings is 1. The zero-order valence-electron chi connectivity index (χ0n) is 9.38. The molecule has 18 heavy (non-hydrogen) atoms. The van der Waals surface area contributed by atoms with E-state index in [2.05, 4.69) is 32.3 Å². The summed E-state index contributed by atoms with van der Waals surface area (Å²) in [7, 11) is 0. The number of aromatic amines is 2. The molecule has 0 aliphatic heterocycles. The van der Waals surface area contributed by atoms with Gasteiger partial charge in [-0.3, -0.25) is 5.10 Å². The predicted molar refractivity (Wildman–Crippen MR) is 75.1 cm³/mol. The van der Waals surface area contributed by atoms with E-state index in [1.165, 1.54) is 5.56 Å². The number of thioether (sulfide) groups is 1. The van der Waals surface area contributed by atoms with Gasteiger partial charge in [0.25, 0.3) is 0 Å². The topological polar surface area (TPSA) is 57.4 Å². The molecule has 4 nitrogen and oxygen atoms in total. The van der Waals surface area contributed by atoms with Crippen molar-refractivity contribution >= 4 is 35.0 Å². The monoisotopic (exact) mass is 274 g/mol. The van der Waals surface area contributed by atoms with E-state index in [4.69, 9.17) is 12.2 Å². The van der Waals surface area contributed by atoms with E-state index in [1.54, 1.807) is 18.0 Å². The van der Waals surface area contributed by atoms with E-state index in [0.29, 0.717) is 4.77 Å².